The molecular formula is C12H16F3N3O3. The van der Waals surface area contributed by atoms with Gasteiger partial charge >= 0.3 is 6.18 Å². The Hall–Kier alpha value is -2.32. The summed E-state index contributed by atoms with van der Waals surface area (Å²) in [6, 6.07) is 4.64. The van der Waals surface area contributed by atoms with Crippen LogP contribution >= 0.6 is 0 Å². The van der Waals surface area contributed by atoms with Gasteiger partial charge in [-0.05, 0) is 12.1 Å². The van der Waals surface area contributed by atoms with Crippen molar-refractivity contribution in [1.82, 2.24) is 0 Å². The van der Waals surface area contributed by atoms with E-state index in [1.807, 2.05) is 0 Å². The number of alkyl halides is 3. The first-order valence-corrected chi connectivity index (χ1v) is 5.83. The Balaban J connectivity index is 2.94. The summed E-state index contributed by atoms with van der Waals surface area (Å²) >= 11 is 0. The highest BCUT2D eigenvalue weighted by molar-refractivity contribution is 5.83. The third-order valence-electron chi connectivity index (χ3n) is 2.77. The molecule has 0 heterocycles. The predicted octanol–water partition coefficient (Wildman–Crippen LogP) is 2.04. The number of ether oxygens (including phenoxy) is 2. The Morgan fingerprint density at radius 1 is 1.38 bits per heavy atom. The number of halogens is 3. The summed E-state index contributed by atoms with van der Waals surface area (Å²) in [6.45, 7) is -0.608. The average molecular weight is 307 g/mol. The third-order valence-corrected chi connectivity index (χ3v) is 2.77. The quantitative estimate of drug-likeness (QED) is 0.324. The highest BCUT2D eigenvalue weighted by atomic mass is 19.4. The van der Waals surface area contributed by atoms with Crippen LogP contribution < -0.4 is 20.5 Å². The molecule has 1 aromatic rings. The first-order chi connectivity index (χ1) is 9.83. The highest BCUT2D eigenvalue weighted by Crippen LogP contribution is 2.31. The van der Waals surface area contributed by atoms with Gasteiger partial charge in [0.2, 0.25) is 0 Å². The highest BCUT2D eigenvalue weighted by Gasteiger charge is 2.42. The normalized spacial score (nSPS) is 13.7. The van der Waals surface area contributed by atoms with Gasteiger partial charge in [0.15, 0.2) is 5.84 Å². The number of rotatable bonds is 6. The van der Waals surface area contributed by atoms with Crippen LogP contribution in [0.4, 0.5) is 18.9 Å². The van der Waals surface area contributed by atoms with Crippen LogP contribution in [-0.2, 0) is 0 Å². The van der Waals surface area contributed by atoms with E-state index in [0.717, 1.165) is 0 Å². The van der Waals surface area contributed by atoms with Gasteiger partial charge in [-0.3, -0.25) is 0 Å². The molecule has 0 fully saturated rings. The molecule has 6 nitrogen and oxygen atoms in total. The molecule has 0 aliphatic rings. The van der Waals surface area contributed by atoms with Crippen molar-refractivity contribution >= 4 is 11.5 Å². The predicted molar refractivity (Wildman–Crippen MR) is 71.0 cm³/mol. The van der Waals surface area contributed by atoms with Gasteiger partial charge in [-0.2, -0.15) is 13.2 Å². The first kappa shape index (κ1) is 16.7. The van der Waals surface area contributed by atoms with Crippen LogP contribution in [0.5, 0.6) is 11.5 Å². The summed E-state index contributed by atoms with van der Waals surface area (Å²) in [4.78, 5) is 0. The molecule has 0 amide bonds. The van der Waals surface area contributed by atoms with E-state index in [0.29, 0.717) is 17.2 Å². The van der Waals surface area contributed by atoms with E-state index >= 15 is 0 Å². The summed E-state index contributed by atoms with van der Waals surface area (Å²) in [5.41, 5.74) is 5.38. The number of oxime groups is 1. The van der Waals surface area contributed by atoms with Gasteiger partial charge in [-0.15, -0.1) is 0 Å². The molecule has 0 spiro atoms. The largest absolute Gasteiger partial charge is 0.497 e. The molecule has 21 heavy (non-hydrogen) atoms. The van der Waals surface area contributed by atoms with Crippen LogP contribution in [0, 0.1) is 5.92 Å². The van der Waals surface area contributed by atoms with Crippen molar-refractivity contribution in [2.45, 2.75) is 6.18 Å². The van der Waals surface area contributed by atoms with Crippen molar-refractivity contribution in [3.8, 4) is 11.5 Å². The van der Waals surface area contributed by atoms with Gasteiger partial charge in [-0.25, -0.2) is 0 Å². The van der Waals surface area contributed by atoms with Gasteiger partial charge in [0.25, 0.3) is 0 Å². The molecule has 1 atom stereocenters. The molecule has 0 saturated heterocycles. The molecule has 0 radical (unpaired) electrons. The number of benzene rings is 1. The summed E-state index contributed by atoms with van der Waals surface area (Å²) < 4.78 is 48.5. The standard InChI is InChI=1S/C12H16F3N3O3/c1-20-7-3-4-10(21-2)9(5-7)17-6-8(11(16)18-19)12(13,14)15/h3-5,8,17,19H,6H2,1-2H3,(H2,16,18). The zero-order valence-electron chi connectivity index (χ0n) is 11.4. The number of amidine groups is 1. The average Bonchev–Trinajstić information content (AvgIpc) is 2.45. The number of nitrogens with one attached hydrogen (secondary N) is 1. The number of nitrogens with zero attached hydrogens (tertiary/aromatic N) is 1. The smallest absolute Gasteiger partial charge is 0.400 e. The van der Waals surface area contributed by atoms with Crippen LogP contribution in [0.1, 0.15) is 0 Å². The minimum atomic E-state index is -4.64. The maximum absolute atomic E-state index is 12.8. The fourth-order valence-corrected chi connectivity index (χ4v) is 1.62. The summed E-state index contributed by atoms with van der Waals surface area (Å²) in [6.07, 6.45) is -4.64. The van der Waals surface area contributed by atoms with Crippen molar-refractivity contribution in [3.63, 3.8) is 0 Å². The molecule has 1 aromatic carbocycles. The molecule has 0 aromatic heterocycles. The van der Waals surface area contributed by atoms with E-state index in [2.05, 4.69) is 10.5 Å². The molecule has 0 aliphatic carbocycles. The zero-order chi connectivity index (χ0) is 16.0. The van der Waals surface area contributed by atoms with Gasteiger partial charge in [0, 0.05) is 12.6 Å². The maximum Gasteiger partial charge on any atom is 0.400 e. The molecule has 1 unspecified atom stereocenters. The van der Waals surface area contributed by atoms with Gasteiger partial charge < -0.3 is 25.7 Å². The van der Waals surface area contributed by atoms with E-state index in [4.69, 9.17) is 20.4 Å². The zero-order valence-corrected chi connectivity index (χ0v) is 11.4. The van der Waals surface area contributed by atoms with Crippen molar-refractivity contribution in [2.75, 3.05) is 26.1 Å². The Bertz CT molecular complexity index is 506. The van der Waals surface area contributed by atoms with Crippen LogP contribution in [0.3, 0.4) is 0 Å². The number of hydrogen-bond donors (Lipinski definition) is 3. The van der Waals surface area contributed by atoms with Crippen LogP contribution in [-0.4, -0.2) is 38.0 Å². The van der Waals surface area contributed by atoms with E-state index in [1.165, 1.54) is 20.3 Å². The van der Waals surface area contributed by atoms with E-state index in [1.54, 1.807) is 12.1 Å². The lowest BCUT2D eigenvalue weighted by molar-refractivity contribution is -0.152. The number of anilines is 1. The second kappa shape index (κ2) is 6.91. The lowest BCUT2D eigenvalue weighted by atomic mass is 10.1. The van der Waals surface area contributed by atoms with Crippen LogP contribution in [0.25, 0.3) is 0 Å². The Morgan fingerprint density at radius 2 is 2.05 bits per heavy atom. The van der Waals surface area contributed by atoms with Gasteiger partial charge in [0.1, 0.15) is 17.4 Å². The van der Waals surface area contributed by atoms with Crippen LogP contribution in [0.2, 0.25) is 0 Å². The van der Waals surface area contributed by atoms with Crippen molar-refractivity contribution in [1.29, 1.82) is 0 Å². The molecular weight excluding hydrogens is 291 g/mol. The van der Waals surface area contributed by atoms with E-state index in [9.17, 15) is 13.2 Å². The van der Waals surface area contributed by atoms with Crippen LogP contribution in [0.15, 0.2) is 23.4 Å². The van der Waals surface area contributed by atoms with E-state index < -0.39 is 24.5 Å². The fraction of sp³-hybridized carbons (Fsp3) is 0.417. The van der Waals surface area contributed by atoms with Gasteiger partial charge in [-0.1, -0.05) is 5.16 Å². The molecule has 0 aliphatic heterocycles. The Kier molecular flexibility index (Phi) is 5.51. The second-order valence-corrected chi connectivity index (χ2v) is 4.07. The number of methoxy groups -OCH3 is 2. The minimum absolute atomic E-state index is 0.303. The summed E-state index contributed by atoms with van der Waals surface area (Å²) in [5, 5.41) is 13.4. The van der Waals surface area contributed by atoms with Crippen molar-refractivity contribution in [3.05, 3.63) is 18.2 Å². The minimum Gasteiger partial charge on any atom is -0.497 e. The SMILES string of the molecule is COc1ccc(OC)c(NCC(/C(N)=N/O)C(F)(F)F)c1. The monoisotopic (exact) mass is 307 g/mol. The molecule has 9 heteroatoms. The summed E-state index contributed by atoms with van der Waals surface area (Å²) in [5.74, 6) is -2.25. The number of hydrogen-bond acceptors (Lipinski definition) is 5. The second-order valence-electron chi connectivity index (χ2n) is 4.07. The van der Waals surface area contributed by atoms with Gasteiger partial charge in [0.05, 0.1) is 19.9 Å². The van der Waals surface area contributed by atoms with Crippen molar-refractivity contribution in [2.24, 2.45) is 16.8 Å². The van der Waals surface area contributed by atoms with Crippen molar-refractivity contribution < 1.29 is 27.9 Å². The fourth-order valence-electron chi connectivity index (χ4n) is 1.62. The molecule has 4 N–H and O–H groups in total. The Labute approximate surface area is 119 Å². The third kappa shape index (κ3) is 4.33. The lowest BCUT2D eigenvalue weighted by Gasteiger charge is -2.20. The first-order valence-electron chi connectivity index (χ1n) is 5.83. The lowest BCUT2D eigenvalue weighted by Crippen LogP contribution is -2.40. The topological polar surface area (TPSA) is 89.1 Å². The molecule has 1 rings (SSSR count). The Morgan fingerprint density at radius 3 is 2.52 bits per heavy atom. The maximum atomic E-state index is 12.8. The summed E-state index contributed by atoms with van der Waals surface area (Å²) in [7, 11) is 2.82. The molecule has 0 saturated carbocycles. The molecule has 0 bridgehead atoms. The van der Waals surface area contributed by atoms with E-state index in [-0.39, 0.29) is 0 Å². The molecule has 118 valence electrons. The number of nitrogens with two attached hydrogens (primary N) is 1.